The van der Waals surface area contributed by atoms with Crippen LogP contribution in [0.2, 0.25) is 0 Å². The van der Waals surface area contributed by atoms with E-state index in [1.807, 2.05) is 26.8 Å². The van der Waals surface area contributed by atoms with Crippen molar-refractivity contribution in [2.75, 3.05) is 7.05 Å². The minimum absolute atomic E-state index is 0.569. The zero-order valence-electron chi connectivity index (χ0n) is 10.1. The number of imidazole rings is 1. The molecule has 0 saturated heterocycles. The fourth-order valence-corrected chi connectivity index (χ4v) is 1.24. The van der Waals surface area contributed by atoms with E-state index in [1.54, 1.807) is 19.5 Å². The number of aromatic amines is 1. The average Bonchev–Trinajstić information content (AvgIpc) is 2.63. The Morgan fingerprint density at radius 3 is 2.75 bits per heavy atom. The van der Waals surface area contributed by atoms with Gasteiger partial charge in [-0.2, -0.15) is 5.26 Å². The van der Waals surface area contributed by atoms with Gasteiger partial charge in [0.15, 0.2) is 0 Å². The summed E-state index contributed by atoms with van der Waals surface area (Å²) in [5.41, 5.74) is 1.26. The zero-order chi connectivity index (χ0) is 12.2. The summed E-state index contributed by atoms with van der Waals surface area (Å²) in [6.45, 7) is 5.65. The smallest absolute Gasteiger partial charge is 0.130 e. The normalized spacial score (nSPS) is 13.1. The molecule has 0 aliphatic carbocycles. The van der Waals surface area contributed by atoms with Crippen molar-refractivity contribution in [1.82, 2.24) is 9.97 Å². The van der Waals surface area contributed by atoms with Gasteiger partial charge in [0, 0.05) is 25.2 Å². The van der Waals surface area contributed by atoms with Crippen LogP contribution in [0.15, 0.2) is 16.8 Å². The second-order valence-electron chi connectivity index (χ2n) is 4.18. The first-order chi connectivity index (χ1) is 7.49. The van der Waals surface area contributed by atoms with Gasteiger partial charge >= 0.3 is 0 Å². The van der Waals surface area contributed by atoms with Crippen molar-refractivity contribution in [2.24, 2.45) is 10.4 Å². The van der Waals surface area contributed by atoms with Gasteiger partial charge < -0.3 is 4.98 Å². The van der Waals surface area contributed by atoms with Crippen molar-refractivity contribution < 1.29 is 0 Å². The fourth-order valence-electron chi connectivity index (χ4n) is 1.24. The van der Waals surface area contributed by atoms with E-state index in [1.165, 1.54) is 0 Å². The van der Waals surface area contributed by atoms with E-state index < -0.39 is 5.41 Å². The molecule has 4 heteroatoms. The fraction of sp³-hybridized carbons (Fsp3) is 0.417. The molecule has 1 aromatic rings. The van der Waals surface area contributed by atoms with Gasteiger partial charge in [0.05, 0.1) is 11.5 Å². The molecule has 0 spiro atoms. The largest absolute Gasteiger partial charge is 0.343 e. The van der Waals surface area contributed by atoms with Crippen molar-refractivity contribution in [1.29, 1.82) is 5.26 Å². The van der Waals surface area contributed by atoms with Crippen LogP contribution in [0.5, 0.6) is 0 Å². The lowest BCUT2D eigenvalue weighted by Gasteiger charge is -2.15. The molecule has 0 aliphatic heterocycles. The Morgan fingerprint density at radius 1 is 1.62 bits per heavy atom. The quantitative estimate of drug-likeness (QED) is 0.788. The number of hydrogen-bond acceptors (Lipinski definition) is 3. The van der Waals surface area contributed by atoms with Crippen LogP contribution in [0.1, 0.15) is 25.4 Å². The van der Waals surface area contributed by atoms with Crippen LogP contribution in [-0.4, -0.2) is 23.2 Å². The molecule has 84 valence electrons. The van der Waals surface area contributed by atoms with Crippen LogP contribution in [0.3, 0.4) is 0 Å². The molecule has 0 aliphatic rings. The van der Waals surface area contributed by atoms with Gasteiger partial charge in [0.1, 0.15) is 5.82 Å². The van der Waals surface area contributed by atoms with Crippen molar-refractivity contribution in [3.8, 4) is 6.07 Å². The molecule has 0 unspecified atom stereocenters. The molecule has 0 radical (unpaired) electrons. The summed E-state index contributed by atoms with van der Waals surface area (Å²) < 4.78 is 0. The van der Waals surface area contributed by atoms with E-state index in [-0.39, 0.29) is 0 Å². The summed E-state index contributed by atoms with van der Waals surface area (Å²) in [7, 11) is 1.69. The monoisotopic (exact) mass is 216 g/mol. The highest BCUT2D eigenvalue weighted by atomic mass is 14.9. The van der Waals surface area contributed by atoms with E-state index in [0.29, 0.717) is 0 Å². The molecule has 0 saturated carbocycles. The van der Waals surface area contributed by atoms with Crippen LogP contribution in [0.4, 0.5) is 0 Å². The van der Waals surface area contributed by atoms with Crippen LogP contribution >= 0.6 is 0 Å². The van der Waals surface area contributed by atoms with Gasteiger partial charge in [-0.15, -0.1) is 0 Å². The molecule has 0 amide bonds. The Balaban J connectivity index is 3.13. The number of allylic oxidation sites excluding steroid dienone is 1. The molecular formula is C12H16N4. The number of rotatable bonds is 3. The van der Waals surface area contributed by atoms with Crippen LogP contribution < -0.4 is 0 Å². The maximum atomic E-state index is 9.09. The minimum atomic E-state index is -0.569. The predicted molar refractivity (Wildman–Crippen MR) is 65.1 cm³/mol. The maximum Gasteiger partial charge on any atom is 0.130 e. The number of nitrogens with one attached hydrogen (secondary N) is 1. The summed E-state index contributed by atoms with van der Waals surface area (Å²) in [6, 6.07) is 2.25. The number of aliphatic imine (C=N–C) groups is 1. The first-order valence-electron chi connectivity index (χ1n) is 5.07. The van der Waals surface area contributed by atoms with Gasteiger partial charge in [-0.1, -0.05) is 0 Å². The third kappa shape index (κ3) is 2.80. The van der Waals surface area contributed by atoms with Gasteiger partial charge in [-0.3, -0.25) is 4.99 Å². The molecule has 4 nitrogen and oxygen atoms in total. The molecule has 1 rings (SSSR count). The van der Waals surface area contributed by atoms with Crippen LogP contribution in [0.25, 0.3) is 6.08 Å². The Kier molecular flexibility index (Phi) is 3.62. The Hall–Kier alpha value is -1.89. The van der Waals surface area contributed by atoms with E-state index in [4.69, 9.17) is 5.26 Å². The molecule has 1 heterocycles. The van der Waals surface area contributed by atoms with Crippen LogP contribution in [-0.2, 0) is 0 Å². The summed E-state index contributed by atoms with van der Waals surface area (Å²) in [6.07, 6.45) is 5.30. The molecular weight excluding hydrogens is 200 g/mol. The molecule has 1 aromatic heterocycles. The topological polar surface area (TPSA) is 64.8 Å². The van der Waals surface area contributed by atoms with Gasteiger partial charge in [0.2, 0.25) is 0 Å². The molecule has 0 bridgehead atoms. The van der Waals surface area contributed by atoms with Gasteiger partial charge in [-0.05, 0) is 32.4 Å². The third-order valence-electron chi connectivity index (χ3n) is 2.28. The van der Waals surface area contributed by atoms with Crippen molar-refractivity contribution in [2.45, 2.75) is 20.8 Å². The SMILES string of the molecule is CN=C/C(=C\c1ncc(C)[nH]1)C(C)(C)C#N. The van der Waals surface area contributed by atoms with Crippen molar-refractivity contribution in [3.63, 3.8) is 0 Å². The second-order valence-corrected chi connectivity index (χ2v) is 4.18. The van der Waals surface area contributed by atoms with Crippen molar-refractivity contribution in [3.05, 3.63) is 23.3 Å². The van der Waals surface area contributed by atoms with E-state index in [2.05, 4.69) is 21.0 Å². The molecule has 1 N–H and O–H groups in total. The lowest BCUT2D eigenvalue weighted by atomic mass is 9.86. The van der Waals surface area contributed by atoms with Crippen LogP contribution in [0, 0.1) is 23.7 Å². The van der Waals surface area contributed by atoms with Gasteiger partial charge in [0.25, 0.3) is 0 Å². The lowest BCUT2D eigenvalue weighted by Crippen LogP contribution is -2.13. The first kappa shape index (κ1) is 12.2. The highest BCUT2D eigenvalue weighted by Crippen LogP contribution is 2.25. The third-order valence-corrected chi connectivity index (χ3v) is 2.28. The summed E-state index contributed by atoms with van der Waals surface area (Å²) in [5, 5.41) is 9.09. The van der Waals surface area contributed by atoms with E-state index in [9.17, 15) is 0 Å². The zero-order valence-corrected chi connectivity index (χ0v) is 10.1. The average molecular weight is 216 g/mol. The second kappa shape index (κ2) is 4.75. The highest BCUT2D eigenvalue weighted by Gasteiger charge is 2.21. The lowest BCUT2D eigenvalue weighted by molar-refractivity contribution is 0.627. The number of hydrogen-bond donors (Lipinski definition) is 1. The van der Waals surface area contributed by atoms with Gasteiger partial charge in [-0.25, -0.2) is 4.98 Å². The summed E-state index contributed by atoms with van der Waals surface area (Å²) >= 11 is 0. The molecule has 16 heavy (non-hydrogen) atoms. The van der Waals surface area contributed by atoms with Crippen molar-refractivity contribution >= 4 is 12.3 Å². The number of aryl methyl sites for hydroxylation is 1. The first-order valence-corrected chi connectivity index (χ1v) is 5.07. The number of nitrogens with zero attached hydrogens (tertiary/aromatic N) is 3. The minimum Gasteiger partial charge on any atom is -0.343 e. The Bertz CT molecular complexity index is 458. The molecule has 0 fully saturated rings. The standard InChI is InChI=1S/C12H16N4/c1-9-6-15-11(16-9)5-10(7-14-4)12(2,3)8-13/h5-7H,1-4H3,(H,15,16)/b10-5+,14-7?. The summed E-state index contributed by atoms with van der Waals surface area (Å²) in [4.78, 5) is 11.3. The Morgan fingerprint density at radius 2 is 2.31 bits per heavy atom. The molecule has 0 aromatic carbocycles. The predicted octanol–water partition coefficient (Wildman–Crippen LogP) is 2.35. The summed E-state index contributed by atoms with van der Waals surface area (Å²) in [5.74, 6) is 0.746. The number of aromatic nitrogens is 2. The maximum absolute atomic E-state index is 9.09. The Labute approximate surface area is 95.7 Å². The highest BCUT2D eigenvalue weighted by molar-refractivity contribution is 5.87. The molecule has 0 atom stereocenters. The van der Waals surface area contributed by atoms with E-state index >= 15 is 0 Å². The number of H-pyrrole nitrogens is 1. The number of nitriles is 1. The van der Waals surface area contributed by atoms with E-state index in [0.717, 1.165) is 17.1 Å².